The maximum absolute atomic E-state index is 12.9. The lowest BCUT2D eigenvalue weighted by molar-refractivity contribution is 0.0299. The summed E-state index contributed by atoms with van der Waals surface area (Å²) in [7, 11) is 0. The van der Waals surface area contributed by atoms with Crippen LogP contribution in [0.15, 0.2) is 29.3 Å². The number of rotatable bonds is 3. The summed E-state index contributed by atoms with van der Waals surface area (Å²) in [5.74, 6) is 0.472. The smallest absolute Gasteiger partial charge is 0.271 e. The molecule has 4 aromatic rings. The number of amides is 1. The maximum atomic E-state index is 12.9. The van der Waals surface area contributed by atoms with Gasteiger partial charge in [0.25, 0.3) is 5.91 Å². The second-order valence-corrected chi connectivity index (χ2v) is 7.11. The highest BCUT2D eigenvalue weighted by molar-refractivity contribution is 9.10. The molecule has 0 unspecified atom stereocenters. The lowest BCUT2D eigenvalue weighted by Gasteiger charge is -2.26. The number of ether oxygens (including phenoxy) is 1. The predicted octanol–water partition coefficient (Wildman–Crippen LogP) is 2.21. The second-order valence-electron chi connectivity index (χ2n) is 6.32. The van der Waals surface area contributed by atoms with Crippen LogP contribution in [0, 0.1) is 0 Å². The standard InChI is InChI=1S/C17H15BrN8O2/c18-12-11-15(23-10-5-9-6-22-25-14(9)19-7-10)20-8-21-16(11)24-13(12)17(27)26-1-3-28-4-2-26/h5-8H,1-4H2,(H,19,22,25)(H2,20,21,23,24). The molecule has 1 aliphatic rings. The van der Waals surface area contributed by atoms with Gasteiger partial charge in [0, 0.05) is 18.5 Å². The number of anilines is 2. The first-order valence-electron chi connectivity index (χ1n) is 8.66. The molecule has 142 valence electrons. The molecule has 4 aromatic heterocycles. The average Bonchev–Trinajstić information content (AvgIpc) is 3.33. The van der Waals surface area contributed by atoms with E-state index in [-0.39, 0.29) is 5.91 Å². The molecule has 0 aliphatic carbocycles. The molecular weight excluding hydrogens is 428 g/mol. The lowest BCUT2D eigenvalue weighted by atomic mass is 10.3. The Hall–Kier alpha value is -3.05. The Bertz CT molecular complexity index is 1180. The number of H-pyrrole nitrogens is 2. The van der Waals surface area contributed by atoms with Gasteiger partial charge >= 0.3 is 0 Å². The number of morpholine rings is 1. The Morgan fingerprint density at radius 1 is 1.18 bits per heavy atom. The number of carbonyl (C=O) groups is 1. The molecule has 10 nitrogen and oxygen atoms in total. The lowest BCUT2D eigenvalue weighted by Crippen LogP contribution is -2.40. The molecule has 1 saturated heterocycles. The van der Waals surface area contributed by atoms with Gasteiger partial charge in [-0.2, -0.15) is 5.10 Å². The second kappa shape index (κ2) is 6.84. The summed E-state index contributed by atoms with van der Waals surface area (Å²) >= 11 is 3.56. The van der Waals surface area contributed by atoms with Crippen molar-refractivity contribution in [2.45, 2.75) is 0 Å². The van der Waals surface area contributed by atoms with Crippen molar-refractivity contribution in [1.29, 1.82) is 0 Å². The van der Waals surface area contributed by atoms with Crippen LogP contribution in [-0.2, 0) is 4.74 Å². The van der Waals surface area contributed by atoms with E-state index in [0.717, 1.165) is 11.1 Å². The minimum absolute atomic E-state index is 0.0967. The van der Waals surface area contributed by atoms with E-state index in [2.05, 4.69) is 51.4 Å². The molecule has 1 aliphatic heterocycles. The molecule has 5 rings (SSSR count). The number of aromatic amines is 2. The summed E-state index contributed by atoms with van der Waals surface area (Å²) in [6, 6.07) is 1.92. The first kappa shape index (κ1) is 17.1. The zero-order valence-electron chi connectivity index (χ0n) is 14.6. The topological polar surface area (TPSA) is 125 Å². The molecule has 0 spiro atoms. The molecule has 0 aromatic carbocycles. The summed E-state index contributed by atoms with van der Waals surface area (Å²) in [5.41, 5.74) is 2.48. The van der Waals surface area contributed by atoms with Gasteiger partial charge in [0.1, 0.15) is 23.5 Å². The van der Waals surface area contributed by atoms with Gasteiger partial charge in [-0.25, -0.2) is 15.0 Å². The Balaban J connectivity index is 1.52. The molecule has 28 heavy (non-hydrogen) atoms. The number of pyridine rings is 1. The van der Waals surface area contributed by atoms with Crippen molar-refractivity contribution in [1.82, 2.24) is 35.0 Å². The van der Waals surface area contributed by atoms with Gasteiger partial charge in [-0.3, -0.25) is 9.89 Å². The summed E-state index contributed by atoms with van der Waals surface area (Å²) in [5, 5.41) is 11.6. The Morgan fingerprint density at radius 2 is 2.04 bits per heavy atom. The highest BCUT2D eigenvalue weighted by atomic mass is 79.9. The fourth-order valence-corrected chi connectivity index (χ4v) is 3.84. The third-order valence-electron chi connectivity index (χ3n) is 4.60. The summed E-state index contributed by atoms with van der Waals surface area (Å²) in [4.78, 5) is 30.7. The van der Waals surface area contributed by atoms with E-state index < -0.39 is 0 Å². The minimum atomic E-state index is -0.0967. The molecule has 1 amide bonds. The minimum Gasteiger partial charge on any atom is -0.378 e. The van der Waals surface area contributed by atoms with Crippen molar-refractivity contribution < 1.29 is 9.53 Å². The van der Waals surface area contributed by atoms with Crippen molar-refractivity contribution in [3.8, 4) is 0 Å². The van der Waals surface area contributed by atoms with Crippen LogP contribution in [0.1, 0.15) is 10.5 Å². The van der Waals surface area contributed by atoms with E-state index in [1.54, 1.807) is 17.3 Å². The quantitative estimate of drug-likeness (QED) is 0.444. The van der Waals surface area contributed by atoms with Crippen LogP contribution in [0.2, 0.25) is 0 Å². The fourth-order valence-electron chi connectivity index (χ4n) is 3.19. The van der Waals surface area contributed by atoms with Crippen LogP contribution in [0.5, 0.6) is 0 Å². The molecular formula is C17H15BrN8O2. The number of hydrogen-bond acceptors (Lipinski definition) is 7. The van der Waals surface area contributed by atoms with Crippen LogP contribution in [0.25, 0.3) is 22.1 Å². The molecule has 0 radical (unpaired) electrons. The van der Waals surface area contributed by atoms with Crippen molar-refractivity contribution in [3.63, 3.8) is 0 Å². The van der Waals surface area contributed by atoms with Crippen molar-refractivity contribution in [3.05, 3.63) is 35.0 Å². The monoisotopic (exact) mass is 442 g/mol. The van der Waals surface area contributed by atoms with E-state index in [9.17, 15) is 4.79 Å². The van der Waals surface area contributed by atoms with Crippen LogP contribution >= 0.6 is 15.9 Å². The van der Waals surface area contributed by atoms with Gasteiger partial charge in [-0.15, -0.1) is 0 Å². The Labute approximate surface area is 166 Å². The Morgan fingerprint density at radius 3 is 2.89 bits per heavy atom. The average molecular weight is 443 g/mol. The molecule has 0 atom stereocenters. The van der Waals surface area contributed by atoms with E-state index in [4.69, 9.17) is 4.74 Å². The zero-order chi connectivity index (χ0) is 19.1. The van der Waals surface area contributed by atoms with Crippen molar-refractivity contribution in [2.75, 3.05) is 31.6 Å². The number of hydrogen-bond donors (Lipinski definition) is 3. The molecule has 5 heterocycles. The highest BCUT2D eigenvalue weighted by Gasteiger charge is 2.25. The van der Waals surface area contributed by atoms with E-state index >= 15 is 0 Å². The van der Waals surface area contributed by atoms with Gasteiger partial charge in [0.2, 0.25) is 0 Å². The number of carbonyl (C=O) groups excluding carboxylic acids is 1. The summed E-state index contributed by atoms with van der Waals surface area (Å²) in [6.45, 7) is 2.21. The van der Waals surface area contributed by atoms with Crippen molar-refractivity contribution in [2.24, 2.45) is 0 Å². The SMILES string of the molecule is O=C(c1[nH]c2ncnc(Nc3cnc4[nH]ncc4c3)c2c1Br)N1CCOCC1. The summed E-state index contributed by atoms with van der Waals surface area (Å²) < 4.78 is 5.95. The van der Waals surface area contributed by atoms with Crippen molar-refractivity contribution >= 4 is 55.4 Å². The summed E-state index contributed by atoms with van der Waals surface area (Å²) in [6.07, 6.45) is 4.84. The highest BCUT2D eigenvalue weighted by Crippen LogP contribution is 2.33. The predicted molar refractivity (Wildman–Crippen MR) is 105 cm³/mol. The van der Waals surface area contributed by atoms with Gasteiger partial charge in [-0.05, 0) is 22.0 Å². The maximum Gasteiger partial charge on any atom is 0.271 e. The molecule has 0 bridgehead atoms. The van der Waals surface area contributed by atoms with Gasteiger partial charge in [-0.1, -0.05) is 0 Å². The molecule has 0 saturated carbocycles. The zero-order valence-corrected chi connectivity index (χ0v) is 16.2. The van der Waals surface area contributed by atoms with E-state index in [0.29, 0.717) is 59.0 Å². The number of halogens is 1. The third kappa shape index (κ3) is 2.88. The first-order chi connectivity index (χ1) is 13.7. The Kier molecular flexibility index (Phi) is 4.17. The third-order valence-corrected chi connectivity index (χ3v) is 5.39. The fraction of sp³-hybridized carbons (Fsp3) is 0.235. The first-order valence-corrected chi connectivity index (χ1v) is 9.45. The largest absolute Gasteiger partial charge is 0.378 e. The van der Waals surface area contributed by atoms with Crippen LogP contribution in [0.4, 0.5) is 11.5 Å². The molecule has 1 fully saturated rings. The van der Waals surface area contributed by atoms with E-state index in [1.165, 1.54) is 6.33 Å². The number of nitrogens with zero attached hydrogens (tertiary/aromatic N) is 5. The van der Waals surface area contributed by atoms with Gasteiger partial charge in [0.05, 0.1) is 41.2 Å². The number of fused-ring (bicyclic) bond motifs is 2. The molecule has 11 heteroatoms. The van der Waals surface area contributed by atoms with E-state index in [1.807, 2.05) is 6.07 Å². The van der Waals surface area contributed by atoms with Crippen LogP contribution in [-0.4, -0.2) is 67.2 Å². The molecule has 3 N–H and O–H groups in total. The number of nitrogens with one attached hydrogen (secondary N) is 3. The van der Waals surface area contributed by atoms with Gasteiger partial charge < -0.3 is 19.9 Å². The van der Waals surface area contributed by atoms with Crippen LogP contribution < -0.4 is 5.32 Å². The number of aromatic nitrogens is 6. The van der Waals surface area contributed by atoms with Crippen LogP contribution in [0.3, 0.4) is 0 Å². The normalized spacial score (nSPS) is 14.7. The van der Waals surface area contributed by atoms with Gasteiger partial charge in [0.15, 0.2) is 5.65 Å².